The van der Waals surface area contributed by atoms with Crippen LogP contribution in [0.5, 0.6) is 0 Å². The van der Waals surface area contributed by atoms with Crippen molar-refractivity contribution in [1.82, 2.24) is 0 Å². The van der Waals surface area contributed by atoms with Gasteiger partial charge in [0.25, 0.3) is 0 Å². The first-order chi connectivity index (χ1) is 13.2. The fourth-order valence-corrected chi connectivity index (χ4v) is 4.07. The predicted molar refractivity (Wildman–Crippen MR) is 97.9 cm³/mol. The van der Waals surface area contributed by atoms with Gasteiger partial charge in [-0.25, -0.2) is 22.0 Å². The first-order valence-electron chi connectivity index (χ1n) is 8.51. The predicted octanol–water partition coefficient (Wildman–Crippen LogP) is 2.72. The minimum Gasteiger partial charge on any atom is -0.454 e. The van der Waals surface area contributed by atoms with Crippen molar-refractivity contribution in [3.05, 3.63) is 64.7 Å². The zero-order chi connectivity index (χ0) is 20.5. The second kappa shape index (κ2) is 7.67. The van der Waals surface area contributed by atoms with Crippen LogP contribution in [0.2, 0.25) is 0 Å². The number of ether oxygens (including phenoxy) is 1. The molecule has 1 aliphatic rings. The monoisotopic (exact) mass is 409 g/mol. The summed E-state index contributed by atoms with van der Waals surface area (Å²) < 4.78 is 56.5. The summed E-state index contributed by atoms with van der Waals surface area (Å²) in [6, 6.07) is 7.15. The van der Waals surface area contributed by atoms with E-state index in [4.69, 9.17) is 4.74 Å². The minimum absolute atomic E-state index is 0.0208. The van der Waals surface area contributed by atoms with Gasteiger partial charge in [-0.1, -0.05) is 0 Å². The Kier molecular flexibility index (Phi) is 5.46. The van der Waals surface area contributed by atoms with Crippen molar-refractivity contribution in [2.75, 3.05) is 23.2 Å². The van der Waals surface area contributed by atoms with Gasteiger partial charge in [0, 0.05) is 12.1 Å². The molecular formula is C19H17F2NO5S. The zero-order valence-electron chi connectivity index (χ0n) is 14.9. The van der Waals surface area contributed by atoms with Gasteiger partial charge in [-0.2, -0.15) is 0 Å². The van der Waals surface area contributed by atoms with Crippen LogP contribution in [-0.2, 0) is 21.2 Å². The van der Waals surface area contributed by atoms with Gasteiger partial charge < -0.3 is 4.74 Å². The number of sulfonamides is 1. The van der Waals surface area contributed by atoms with E-state index in [0.29, 0.717) is 24.7 Å². The van der Waals surface area contributed by atoms with Crippen molar-refractivity contribution in [1.29, 1.82) is 0 Å². The van der Waals surface area contributed by atoms with Crippen LogP contribution in [-0.4, -0.2) is 39.1 Å². The van der Waals surface area contributed by atoms with Crippen LogP contribution in [0.4, 0.5) is 14.5 Å². The maximum Gasteiger partial charge on any atom is 0.338 e. The summed E-state index contributed by atoms with van der Waals surface area (Å²) in [5, 5.41) is 0. The summed E-state index contributed by atoms with van der Waals surface area (Å²) in [6.07, 6.45) is 0.477. The van der Waals surface area contributed by atoms with Gasteiger partial charge >= 0.3 is 5.97 Å². The van der Waals surface area contributed by atoms with E-state index >= 15 is 0 Å². The standard InChI is InChI=1S/C19H17F2NO5S/c1-2-28(25,26)22-8-7-12-9-13(4-6-17(12)22)18(23)11-27-19(24)14-3-5-15(20)16(21)10-14/h3-6,9-10H,2,7-8,11H2,1H3. The van der Waals surface area contributed by atoms with Crippen LogP contribution >= 0.6 is 0 Å². The Morgan fingerprint density at radius 1 is 1.07 bits per heavy atom. The zero-order valence-corrected chi connectivity index (χ0v) is 15.8. The molecule has 2 aromatic rings. The van der Waals surface area contributed by atoms with E-state index in [1.165, 1.54) is 10.4 Å². The molecule has 0 atom stereocenters. The molecule has 0 aromatic heterocycles. The average Bonchev–Trinajstić information content (AvgIpc) is 3.12. The molecule has 1 aliphatic heterocycles. The van der Waals surface area contributed by atoms with Crippen LogP contribution in [0.1, 0.15) is 33.2 Å². The van der Waals surface area contributed by atoms with E-state index in [9.17, 15) is 26.8 Å². The highest BCUT2D eigenvalue weighted by molar-refractivity contribution is 7.92. The number of rotatable bonds is 6. The van der Waals surface area contributed by atoms with Crippen molar-refractivity contribution in [2.24, 2.45) is 0 Å². The molecule has 0 N–H and O–H groups in total. The molecule has 0 fully saturated rings. The Morgan fingerprint density at radius 3 is 2.46 bits per heavy atom. The quantitative estimate of drug-likeness (QED) is 0.541. The Bertz CT molecular complexity index is 1050. The van der Waals surface area contributed by atoms with E-state index in [0.717, 1.165) is 17.7 Å². The van der Waals surface area contributed by atoms with Gasteiger partial charge in [-0.3, -0.25) is 9.10 Å². The lowest BCUT2D eigenvalue weighted by Crippen LogP contribution is -2.30. The number of hydrogen-bond donors (Lipinski definition) is 0. The van der Waals surface area contributed by atoms with Gasteiger partial charge in [0.05, 0.1) is 17.0 Å². The highest BCUT2D eigenvalue weighted by Gasteiger charge is 2.28. The van der Waals surface area contributed by atoms with Gasteiger partial charge in [0.2, 0.25) is 10.0 Å². The Labute approximate surface area is 160 Å². The second-order valence-electron chi connectivity index (χ2n) is 6.19. The third-order valence-corrected chi connectivity index (χ3v) is 6.23. The fraction of sp³-hybridized carbons (Fsp3) is 0.263. The van der Waals surface area contributed by atoms with Gasteiger partial charge in [-0.05, 0) is 55.3 Å². The summed E-state index contributed by atoms with van der Waals surface area (Å²) in [7, 11) is -3.38. The summed E-state index contributed by atoms with van der Waals surface area (Å²) in [5.74, 6) is -3.74. The number of carbonyl (C=O) groups is 2. The molecule has 1 heterocycles. The second-order valence-corrected chi connectivity index (χ2v) is 8.38. The summed E-state index contributed by atoms with van der Waals surface area (Å²) >= 11 is 0. The number of fused-ring (bicyclic) bond motifs is 1. The molecule has 2 aromatic carbocycles. The average molecular weight is 409 g/mol. The molecule has 148 valence electrons. The Morgan fingerprint density at radius 2 is 1.79 bits per heavy atom. The summed E-state index contributed by atoms with van der Waals surface area (Å²) in [4.78, 5) is 24.2. The number of esters is 1. The fourth-order valence-electron chi connectivity index (χ4n) is 2.91. The van der Waals surface area contributed by atoms with Crippen molar-refractivity contribution < 1.29 is 31.5 Å². The molecule has 0 spiro atoms. The molecule has 0 bridgehead atoms. The number of carbonyl (C=O) groups excluding carboxylic acids is 2. The van der Waals surface area contributed by atoms with E-state index in [-0.39, 0.29) is 16.9 Å². The molecule has 0 saturated carbocycles. The number of nitrogens with zero attached hydrogens (tertiary/aromatic N) is 1. The first kappa shape index (κ1) is 19.9. The molecule has 0 aliphatic carbocycles. The maximum atomic E-state index is 13.2. The maximum absolute atomic E-state index is 13.2. The molecular weight excluding hydrogens is 392 g/mol. The highest BCUT2D eigenvalue weighted by Crippen LogP contribution is 2.31. The molecule has 0 saturated heterocycles. The normalized spacial score (nSPS) is 13.3. The van der Waals surface area contributed by atoms with Crippen molar-refractivity contribution in [2.45, 2.75) is 13.3 Å². The van der Waals surface area contributed by atoms with Gasteiger partial charge in [-0.15, -0.1) is 0 Å². The van der Waals surface area contributed by atoms with E-state index in [1.807, 2.05) is 0 Å². The van der Waals surface area contributed by atoms with Crippen LogP contribution in [0.15, 0.2) is 36.4 Å². The SMILES string of the molecule is CCS(=O)(=O)N1CCc2cc(C(=O)COC(=O)c3ccc(F)c(F)c3)ccc21. The molecule has 0 unspecified atom stereocenters. The number of benzene rings is 2. The lowest BCUT2D eigenvalue weighted by molar-refractivity contribution is 0.0474. The molecule has 0 amide bonds. The first-order valence-corrected chi connectivity index (χ1v) is 10.1. The number of ketones is 1. The topological polar surface area (TPSA) is 80.8 Å². The largest absolute Gasteiger partial charge is 0.454 e. The third-order valence-electron chi connectivity index (χ3n) is 4.44. The van der Waals surface area contributed by atoms with Crippen molar-refractivity contribution in [3.8, 4) is 0 Å². The van der Waals surface area contributed by atoms with Crippen LogP contribution in [0, 0.1) is 11.6 Å². The third kappa shape index (κ3) is 3.89. The van der Waals surface area contributed by atoms with Crippen molar-refractivity contribution in [3.63, 3.8) is 0 Å². The lowest BCUT2D eigenvalue weighted by Gasteiger charge is -2.18. The number of anilines is 1. The minimum atomic E-state index is -3.38. The number of hydrogen-bond acceptors (Lipinski definition) is 5. The van der Waals surface area contributed by atoms with Crippen molar-refractivity contribution >= 4 is 27.5 Å². The molecule has 28 heavy (non-hydrogen) atoms. The number of halogens is 2. The summed E-state index contributed by atoms with van der Waals surface area (Å²) in [5.41, 5.74) is 1.32. The molecule has 9 heteroatoms. The number of Topliss-reactive ketones (excluding diaryl/α,β-unsaturated/α-hetero) is 1. The van der Waals surface area contributed by atoms with Crippen LogP contribution in [0.25, 0.3) is 0 Å². The Hall–Kier alpha value is -2.81. The van der Waals surface area contributed by atoms with Gasteiger partial charge in [0.1, 0.15) is 0 Å². The lowest BCUT2D eigenvalue weighted by atomic mass is 10.1. The van der Waals surface area contributed by atoms with Gasteiger partial charge in [0.15, 0.2) is 24.0 Å². The van der Waals surface area contributed by atoms with E-state index in [1.54, 1.807) is 19.1 Å². The smallest absolute Gasteiger partial charge is 0.338 e. The molecule has 6 nitrogen and oxygen atoms in total. The Balaban J connectivity index is 1.69. The molecule has 3 rings (SSSR count). The van der Waals surface area contributed by atoms with E-state index in [2.05, 4.69) is 0 Å². The summed E-state index contributed by atoms with van der Waals surface area (Å²) in [6.45, 7) is 1.30. The highest BCUT2D eigenvalue weighted by atomic mass is 32.2. The van der Waals surface area contributed by atoms with Crippen LogP contribution < -0.4 is 4.31 Å². The van der Waals surface area contributed by atoms with Crippen LogP contribution in [0.3, 0.4) is 0 Å². The molecule has 0 radical (unpaired) electrons. The van der Waals surface area contributed by atoms with E-state index < -0.39 is 40.0 Å².